The Morgan fingerprint density at radius 1 is 1.00 bits per heavy atom. The molecule has 16 N–H and O–H groups in total. The van der Waals surface area contributed by atoms with E-state index in [4.69, 9.17) is 29.4 Å². The van der Waals surface area contributed by atoms with E-state index in [-0.39, 0.29) is 24.6 Å². The van der Waals surface area contributed by atoms with Crippen LogP contribution in [0.2, 0.25) is 0 Å². The van der Waals surface area contributed by atoms with Crippen molar-refractivity contribution in [2.45, 2.75) is 0 Å². The summed E-state index contributed by atoms with van der Waals surface area (Å²) in [6.45, 7) is 0.632. The topological polar surface area (TPSA) is 272 Å². The molecule has 0 saturated heterocycles. The first-order chi connectivity index (χ1) is 3.73. The van der Waals surface area contributed by atoms with Crippen LogP contribution < -0.4 is 44.6 Å². The van der Waals surface area contributed by atoms with E-state index in [1.165, 1.54) is 0 Å². The Morgan fingerprint density at radius 3 is 1.00 bits per heavy atom. The van der Waals surface area contributed by atoms with E-state index < -0.39 is 13.8 Å². The van der Waals surface area contributed by atoms with Crippen LogP contribution >= 0.6 is 7.60 Å². The average Bonchev–Trinajstić information content (AvgIpc) is 1.19. The van der Waals surface area contributed by atoms with Gasteiger partial charge in [0.2, 0.25) is 0 Å². The molecule has 0 saturated carbocycles. The standard InChI is InChI=1S/CH5O3P.CH2O3.4H3N/c1-5(2,3)4;2-1(3)4;;;;/h1H3,(H2,2,3,4);(H2,2,3,4);4*1H3. The Kier molecular flexibility index (Phi) is 53.0. The Bertz CT molecular complexity index is 122. The van der Waals surface area contributed by atoms with Gasteiger partial charge in [0.15, 0.2) is 0 Å². The summed E-state index contributed by atoms with van der Waals surface area (Å²) >= 11 is 0. The van der Waals surface area contributed by atoms with Gasteiger partial charge in [0.05, 0.1) is 0 Å². The van der Waals surface area contributed by atoms with E-state index in [9.17, 15) is 0 Å². The minimum absolute atomic E-state index is 0. The Labute approximate surface area is 75.5 Å². The lowest BCUT2D eigenvalue weighted by atomic mass is 11.5. The lowest BCUT2D eigenvalue weighted by Gasteiger charge is -2.22. The second kappa shape index (κ2) is 17.4. The van der Waals surface area contributed by atoms with Crippen LogP contribution in [0.4, 0.5) is 4.79 Å². The van der Waals surface area contributed by atoms with Crippen LogP contribution in [0.25, 0.3) is 0 Å². The number of quaternary nitrogens is 4. The highest BCUT2D eigenvalue weighted by Gasteiger charge is 1.62. The van der Waals surface area contributed by atoms with Crippen molar-refractivity contribution < 1.29 is 29.4 Å². The number of carboxylic acid groups (broad SMARTS) is 2. The molecule has 0 unspecified atom stereocenters. The van der Waals surface area contributed by atoms with Crippen molar-refractivity contribution in [1.82, 2.24) is 24.6 Å². The van der Waals surface area contributed by atoms with Gasteiger partial charge in [0, 0.05) is 0 Å². The third-order valence-corrected chi connectivity index (χ3v) is 0. The van der Waals surface area contributed by atoms with Crippen LogP contribution in [-0.4, -0.2) is 12.8 Å². The van der Waals surface area contributed by atoms with E-state index in [0.717, 1.165) is 0 Å². The maximum absolute atomic E-state index is 9.10. The van der Waals surface area contributed by atoms with Gasteiger partial charge < -0.3 is 54.0 Å². The van der Waals surface area contributed by atoms with Crippen LogP contribution in [0, 0.1) is 0 Å². The van der Waals surface area contributed by atoms with Gasteiger partial charge in [-0.1, -0.05) is 7.60 Å². The first-order valence-electron chi connectivity index (χ1n) is 1.61. The number of carbonyl (C=O) groups excluding carboxylic acids is 1. The summed E-state index contributed by atoms with van der Waals surface area (Å²) < 4.78 is 9.10. The van der Waals surface area contributed by atoms with Gasteiger partial charge in [-0.3, -0.25) is 0 Å². The maximum Gasteiger partial charge on any atom is -0.0369 e. The molecule has 0 aliphatic rings. The van der Waals surface area contributed by atoms with E-state index >= 15 is 0 Å². The van der Waals surface area contributed by atoms with Crippen molar-refractivity contribution in [3.63, 3.8) is 0 Å². The fourth-order valence-electron chi connectivity index (χ4n) is 0. The van der Waals surface area contributed by atoms with Crippen molar-refractivity contribution >= 4 is 13.8 Å². The summed E-state index contributed by atoms with van der Waals surface area (Å²) in [7, 11) is -4.14. The molecule has 0 amide bonds. The Balaban J connectivity index is -0.0000000146. The third kappa shape index (κ3) is 1760. The summed E-state index contributed by atoms with van der Waals surface area (Å²) in [5.74, 6) is 0. The molecule has 0 aromatic carbocycles. The molecule has 0 atom stereocenters. The number of hydrogen-bond acceptors (Lipinski definition) is 6. The molecule has 0 bridgehead atoms. The fraction of sp³-hybridized carbons (Fsp3) is 0.500. The lowest BCUT2D eigenvalue weighted by molar-refractivity contribution is -0.415. The zero-order valence-corrected chi connectivity index (χ0v) is 9.29. The lowest BCUT2D eigenvalue weighted by Crippen LogP contribution is -2.37. The second-order valence-electron chi connectivity index (χ2n) is 1.02. The zero-order chi connectivity index (χ0) is 8.08. The Morgan fingerprint density at radius 2 is 1.00 bits per heavy atom. The summed E-state index contributed by atoms with van der Waals surface area (Å²) in [5.41, 5.74) is 0. The van der Waals surface area contributed by atoms with Gasteiger partial charge in [0.25, 0.3) is 0 Å². The molecule has 0 fully saturated rings. The predicted octanol–water partition coefficient (Wildman–Crippen LogP) is -2.41. The molecule has 0 radical (unpaired) electrons. The van der Waals surface area contributed by atoms with Crippen molar-refractivity contribution in [3.05, 3.63) is 0 Å². The highest BCUT2D eigenvalue weighted by Crippen LogP contribution is 2.12. The molecule has 0 heterocycles. The largest absolute Gasteiger partial charge is 0.811 e. The molecule has 0 aliphatic heterocycles. The van der Waals surface area contributed by atoms with Crippen LogP contribution in [0.3, 0.4) is 0 Å². The van der Waals surface area contributed by atoms with Gasteiger partial charge in [-0.15, -0.1) is 0 Å². The fourth-order valence-corrected chi connectivity index (χ4v) is 0. The van der Waals surface area contributed by atoms with Crippen molar-refractivity contribution in [1.29, 1.82) is 0 Å². The minimum Gasteiger partial charge on any atom is -0.811 e. The molecule has 10 nitrogen and oxygen atoms in total. The molecule has 0 spiro atoms. The third-order valence-electron chi connectivity index (χ3n) is 0. The Hall–Kier alpha value is -0.740. The monoisotopic (exact) mass is 226 g/mol. The molecule has 0 rings (SSSR count). The van der Waals surface area contributed by atoms with Gasteiger partial charge >= 0.3 is 0 Å². The minimum atomic E-state index is -4.14. The van der Waals surface area contributed by atoms with Crippen molar-refractivity contribution in [3.8, 4) is 0 Å². The van der Waals surface area contributed by atoms with E-state index in [0.29, 0.717) is 6.66 Å². The van der Waals surface area contributed by atoms with Crippen molar-refractivity contribution in [2.75, 3.05) is 6.66 Å². The molecule has 0 aromatic rings. The highest BCUT2D eigenvalue weighted by molar-refractivity contribution is 7.47. The van der Waals surface area contributed by atoms with E-state index in [2.05, 4.69) is 0 Å². The number of hydrogen-bond donors (Lipinski definition) is 4. The van der Waals surface area contributed by atoms with Crippen LogP contribution in [0.5, 0.6) is 0 Å². The van der Waals surface area contributed by atoms with E-state index in [1.54, 1.807) is 0 Å². The van der Waals surface area contributed by atoms with Gasteiger partial charge in [-0.2, -0.15) is 0 Å². The summed E-state index contributed by atoms with van der Waals surface area (Å²) in [6, 6.07) is 0. The van der Waals surface area contributed by atoms with Gasteiger partial charge in [-0.25, -0.2) is 0 Å². The smallest absolute Gasteiger partial charge is 0.0369 e. The van der Waals surface area contributed by atoms with Crippen molar-refractivity contribution in [2.24, 2.45) is 0 Å². The average molecular weight is 226 g/mol. The molecule has 11 heteroatoms. The SMILES string of the molecule is CP(=O)([O-])[O-].O=C([O-])[O-].[NH4+].[NH4+].[NH4+].[NH4+]. The van der Waals surface area contributed by atoms with E-state index in [1.807, 2.05) is 0 Å². The number of carbonyl (C=O) groups is 1. The van der Waals surface area contributed by atoms with Crippen LogP contribution in [-0.2, 0) is 4.57 Å². The molecule has 88 valence electrons. The molecule has 0 aliphatic carbocycles. The molecular weight excluding hydrogens is 207 g/mol. The predicted molar refractivity (Wildman–Crippen MR) is 42.9 cm³/mol. The molecule has 0 aromatic heterocycles. The summed E-state index contributed by atoms with van der Waals surface area (Å²) in [6.07, 6.45) is -2.33. The second-order valence-corrected chi connectivity index (χ2v) is 2.56. The molecular formula is C2H19N4O6P. The molecule has 13 heavy (non-hydrogen) atoms. The summed E-state index contributed by atoms with van der Waals surface area (Å²) in [4.78, 5) is 26.5. The van der Waals surface area contributed by atoms with Crippen LogP contribution in [0.1, 0.15) is 0 Å². The van der Waals surface area contributed by atoms with Gasteiger partial charge in [0.1, 0.15) is 0 Å². The quantitative estimate of drug-likeness (QED) is 0.325. The maximum atomic E-state index is 9.10. The summed E-state index contributed by atoms with van der Waals surface area (Å²) in [5, 5.41) is 16.7. The number of rotatable bonds is 0. The highest BCUT2D eigenvalue weighted by atomic mass is 31.2. The van der Waals surface area contributed by atoms with Crippen LogP contribution in [0.15, 0.2) is 0 Å². The normalized spacial score (nSPS) is 6.38. The first-order valence-corrected chi connectivity index (χ1v) is 3.60. The first kappa shape index (κ1) is 39.7. The van der Waals surface area contributed by atoms with Gasteiger partial charge in [-0.05, 0) is 12.8 Å². The zero-order valence-electron chi connectivity index (χ0n) is 8.40.